The van der Waals surface area contributed by atoms with Gasteiger partial charge in [-0.1, -0.05) is 6.58 Å². The molecule has 1 amide bonds. The molecular weight excluding hydrogens is 292 g/mol. The fraction of sp³-hybridized carbons (Fsp3) is 0.294. The Morgan fingerprint density at radius 3 is 2.74 bits per heavy atom. The highest BCUT2D eigenvalue weighted by Crippen LogP contribution is 2.38. The fourth-order valence-corrected chi connectivity index (χ4v) is 2.24. The Bertz CT molecular complexity index is 702. The molecule has 3 rings (SSSR count). The first kappa shape index (κ1) is 15.1. The maximum absolute atomic E-state index is 12.1. The van der Waals surface area contributed by atoms with E-state index in [1.54, 1.807) is 6.07 Å². The molecule has 1 aliphatic rings. The average molecular weight is 312 g/mol. The van der Waals surface area contributed by atoms with Gasteiger partial charge in [-0.15, -0.1) is 0 Å². The van der Waals surface area contributed by atoms with E-state index in [9.17, 15) is 4.79 Å². The molecule has 23 heavy (non-hydrogen) atoms. The molecule has 0 aliphatic heterocycles. The third kappa shape index (κ3) is 3.71. The van der Waals surface area contributed by atoms with Gasteiger partial charge in [0.1, 0.15) is 5.75 Å². The van der Waals surface area contributed by atoms with Gasteiger partial charge in [-0.05, 0) is 55.7 Å². The lowest BCUT2D eigenvalue weighted by atomic mass is 10.2. The number of benzene rings is 1. The third-order valence-corrected chi connectivity index (χ3v) is 3.69. The molecule has 0 unspecified atom stereocenters. The lowest BCUT2D eigenvalue weighted by Gasteiger charge is -2.11. The summed E-state index contributed by atoms with van der Waals surface area (Å²) in [5, 5.41) is 6.95. The highest BCUT2D eigenvalue weighted by molar-refractivity contribution is 5.92. The van der Waals surface area contributed by atoms with Crippen molar-refractivity contribution in [3.05, 3.63) is 53.9 Å². The molecule has 0 saturated heterocycles. The van der Waals surface area contributed by atoms with Crippen molar-refractivity contribution in [3.8, 4) is 5.75 Å². The highest BCUT2D eigenvalue weighted by atomic mass is 16.5. The number of amides is 1. The van der Waals surface area contributed by atoms with E-state index in [2.05, 4.69) is 27.6 Å². The van der Waals surface area contributed by atoms with Crippen molar-refractivity contribution in [2.24, 2.45) is 0 Å². The lowest BCUT2D eigenvalue weighted by molar-refractivity contribution is 0.0937. The van der Waals surface area contributed by atoms with Crippen molar-refractivity contribution in [1.82, 2.24) is 21.0 Å². The minimum atomic E-state index is -0.291. The van der Waals surface area contributed by atoms with E-state index in [0.29, 0.717) is 23.9 Å². The average Bonchev–Trinajstić information content (AvgIpc) is 3.30. The summed E-state index contributed by atoms with van der Waals surface area (Å²) in [4.78, 5) is 12.1. The molecule has 3 N–H and O–H groups in total. The summed E-state index contributed by atoms with van der Waals surface area (Å²) < 4.78 is 5.39. The number of aromatic nitrogens is 2. The minimum absolute atomic E-state index is 0.291. The van der Waals surface area contributed by atoms with Gasteiger partial charge in [0.05, 0.1) is 12.3 Å². The second-order valence-corrected chi connectivity index (χ2v) is 5.50. The summed E-state index contributed by atoms with van der Waals surface area (Å²) in [5.74, 6) is 1.05. The lowest BCUT2D eigenvalue weighted by Crippen LogP contribution is -2.36. The van der Waals surface area contributed by atoms with Crippen LogP contribution in [0.25, 0.3) is 5.70 Å². The van der Waals surface area contributed by atoms with Crippen LogP contribution in [0.2, 0.25) is 0 Å². The molecule has 1 aliphatic carbocycles. The highest BCUT2D eigenvalue weighted by Gasteiger charge is 2.26. The number of carbonyl (C=O) groups excluding carboxylic acids is 1. The Balaban J connectivity index is 1.53. The maximum Gasteiger partial charge on any atom is 0.290 e. The molecule has 6 heteroatoms. The first-order valence-electron chi connectivity index (χ1n) is 7.71. The van der Waals surface area contributed by atoms with E-state index in [1.807, 2.05) is 31.2 Å². The zero-order chi connectivity index (χ0) is 16.2. The number of nitrogens with one attached hydrogen (secondary N) is 3. The SMILES string of the molecule is C=C(NNC(=O)c1cc(C2CC2)[nH]n1)c1ccc(OCC)cc1. The largest absolute Gasteiger partial charge is 0.494 e. The molecule has 2 aromatic rings. The molecule has 1 saturated carbocycles. The van der Waals surface area contributed by atoms with Crippen LogP contribution in [0, 0.1) is 0 Å². The van der Waals surface area contributed by atoms with Gasteiger partial charge in [-0.3, -0.25) is 20.7 Å². The molecule has 1 aromatic heterocycles. The van der Waals surface area contributed by atoms with Gasteiger partial charge in [0, 0.05) is 11.6 Å². The van der Waals surface area contributed by atoms with E-state index in [1.165, 1.54) is 0 Å². The normalized spacial score (nSPS) is 13.4. The van der Waals surface area contributed by atoms with E-state index >= 15 is 0 Å². The first-order valence-corrected chi connectivity index (χ1v) is 7.71. The number of hydrogen-bond acceptors (Lipinski definition) is 4. The van der Waals surface area contributed by atoms with Crippen molar-refractivity contribution in [2.75, 3.05) is 6.61 Å². The van der Waals surface area contributed by atoms with Crippen LogP contribution >= 0.6 is 0 Å². The van der Waals surface area contributed by atoms with Crippen molar-refractivity contribution >= 4 is 11.6 Å². The number of rotatable bonds is 7. The van der Waals surface area contributed by atoms with Crippen LogP contribution in [0.1, 0.15) is 47.4 Å². The van der Waals surface area contributed by atoms with Crippen LogP contribution in [0.15, 0.2) is 36.9 Å². The Morgan fingerprint density at radius 1 is 1.35 bits per heavy atom. The maximum atomic E-state index is 12.1. The first-order chi connectivity index (χ1) is 11.2. The molecule has 120 valence electrons. The molecule has 0 spiro atoms. The Kier molecular flexibility index (Phi) is 4.32. The van der Waals surface area contributed by atoms with E-state index in [4.69, 9.17) is 4.74 Å². The zero-order valence-electron chi connectivity index (χ0n) is 13.1. The predicted octanol–water partition coefficient (Wildman–Crippen LogP) is 2.59. The summed E-state index contributed by atoms with van der Waals surface area (Å²) in [7, 11) is 0. The smallest absolute Gasteiger partial charge is 0.290 e. The Morgan fingerprint density at radius 2 is 2.09 bits per heavy atom. The zero-order valence-corrected chi connectivity index (χ0v) is 13.1. The van der Waals surface area contributed by atoms with Crippen LogP contribution in [0.5, 0.6) is 5.75 Å². The van der Waals surface area contributed by atoms with Gasteiger partial charge < -0.3 is 4.74 Å². The number of aromatic amines is 1. The van der Waals surface area contributed by atoms with Crippen molar-refractivity contribution in [2.45, 2.75) is 25.7 Å². The summed E-state index contributed by atoms with van der Waals surface area (Å²) in [6.07, 6.45) is 2.33. The van der Waals surface area contributed by atoms with Gasteiger partial charge in [-0.2, -0.15) is 5.10 Å². The van der Waals surface area contributed by atoms with Gasteiger partial charge >= 0.3 is 0 Å². The van der Waals surface area contributed by atoms with Crippen LogP contribution in [0.4, 0.5) is 0 Å². The Hall–Kier alpha value is -2.76. The Labute approximate surface area is 134 Å². The summed E-state index contributed by atoms with van der Waals surface area (Å²) in [5.41, 5.74) is 8.29. The van der Waals surface area contributed by atoms with Gasteiger partial charge in [0.15, 0.2) is 5.69 Å². The van der Waals surface area contributed by atoms with E-state index in [-0.39, 0.29) is 5.91 Å². The monoisotopic (exact) mass is 312 g/mol. The van der Waals surface area contributed by atoms with Gasteiger partial charge in [-0.25, -0.2) is 0 Å². The van der Waals surface area contributed by atoms with Crippen LogP contribution in [-0.2, 0) is 0 Å². The molecule has 0 radical (unpaired) electrons. The molecule has 0 atom stereocenters. The molecule has 1 aromatic carbocycles. The number of carbonyl (C=O) groups is 1. The fourth-order valence-electron chi connectivity index (χ4n) is 2.24. The minimum Gasteiger partial charge on any atom is -0.494 e. The van der Waals surface area contributed by atoms with Crippen molar-refractivity contribution in [3.63, 3.8) is 0 Å². The van der Waals surface area contributed by atoms with Crippen molar-refractivity contribution in [1.29, 1.82) is 0 Å². The topological polar surface area (TPSA) is 79.0 Å². The standard InChI is InChI=1S/C17H20N4O2/c1-3-23-14-8-6-12(7-9-14)11(2)18-21-17(22)16-10-15(19-20-16)13-4-5-13/h6-10,13,18H,2-5H2,1H3,(H,19,20)(H,21,22). The number of nitrogens with zero attached hydrogens (tertiary/aromatic N) is 1. The van der Waals surface area contributed by atoms with E-state index < -0.39 is 0 Å². The van der Waals surface area contributed by atoms with Crippen LogP contribution in [0.3, 0.4) is 0 Å². The molecule has 6 nitrogen and oxygen atoms in total. The second-order valence-electron chi connectivity index (χ2n) is 5.50. The summed E-state index contributed by atoms with van der Waals surface area (Å²) in [6.45, 7) is 6.48. The van der Waals surface area contributed by atoms with Crippen LogP contribution < -0.4 is 15.6 Å². The molecule has 0 bridgehead atoms. The van der Waals surface area contributed by atoms with Gasteiger partial charge in [0.25, 0.3) is 5.91 Å². The number of H-pyrrole nitrogens is 1. The van der Waals surface area contributed by atoms with Crippen molar-refractivity contribution < 1.29 is 9.53 Å². The number of hydrazine groups is 1. The number of ether oxygens (including phenoxy) is 1. The summed E-state index contributed by atoms with van der Waals surface area (Å²) >= 11 is 0. The predicted molar refractivity (Wildman–Crippen MR) is 87.8 cm³/mol. The summed E-state index contributed by atoms with van der Waals surface area (Å²) in [6, 6.07) is 9.29. The molecule has 1 fully saturated rings. The number of hydrogen-bond donors (Lipinski definition) is 3. The quantitative estimate of drug-likeness (QED) is 0.687. The van der Waals surface area contributed by atoms with Gasteiger partial charge in [0.2, 0.25) is 0 Å². The molecule has 1 heterocycles. The second kappa shape index (κ2) is 6.56. The molecular formula is C17H20N4O2. The third-order valence-electron chi connectivity index (χ3n) is 3.69. The van der Waals surface area contributed by atoms with E-state index in [0.717, 1.165) is 29.8 Å². The van der Waals surface area contributed by atoms with Crippen LogP contribution in [-0.4, -0.2) is 22.7 Å².